The molecule has 0 aromatic rings. The second kappa shape index (κ2) is 8.41. The zero-order valence-corrected chi connectivity index (χ0v) is 18.8. The first-order valence-electron chi connectivity index (χ1n) is 7.64. The van der Waals surface area contributed by atoms with Crippen molar-refractivity contribution in [2.75, 3.05) is 0 Å². The molecule has 0 heterocycles. The molecule has 3 heteroatoms. The molecule has 0 saturated carbocycles. The summed E-state index contributed by atoms with van der Waals surface area (Å²) in [5.74, 6) is 0. The average molecular weight is 379 g/mol. The van der Waals surface area contributed by atoms with E-state index in [2.05, 4.69) is 46.2 Å². The van der Waals surface area contributed by atoms with Crippen LogP contribution in [0.5, 0.6) is 0 Å². The summed E-state index contributed by atoms with van der Waals surface area (Å²) in [5, 5.41) is 0. The number of rotatable bonds is 9. The van der Waals surface area contributed by atoms with Gasteiger partial charge in [-0.3, -0.25) is 0 Å². The average Bonchev–Trinajstić information content (AvgIpc) is 2.06. The zero-order chi connectivity index (χ0) is 13.5. The topological polar surface area (TPSA) is 0 Å². The van der Waals surface area contributed by atoms with Gasteiger partial charge in [0.1, 0.15) is 0 Å². The van der Waals surface area contributed by atoms with Crippen LogP contribution in [0.4, 0.5) is 0 Å². The van der Waals surface area contributed by atoms with Crippen LogP contribution in [0.2, 0.25) is 51.8 Å². The summed E-state index contributed by atoms with van der Waals surface area (Å²) in [6, 6.07) is 0. The molecule has 0 amide bonds. The van der Waals surface area contributed by atoms with Crippen LogP contribution in [-0.4, -0.2) is 35.9 Å². The van der Waals surface area contributed by atoms with Crippen molar-refractivity contribution < 1.29 is 0 Å². The Bertz CT molecular complexity index is 175. The first-order valence-corrected chi connectivity index (χ1v) is 22.0. The van der Waals surface area contributed by atoms with Gasteiger partial charge >= 0.3 is 120 Å². The van der Waals surface area contributed by atoms with E-state index in [0.29, 0.717) is 0 Å². The first kappa shape index (κ1) is 18.2. The molecule has 17 heavy (non-hydrogen) atoms. The second-order valence-corrected chi connectivity index (χ2v) is 32.9. The molecule has 0 N–H and O–H groups in total. The molecular formula is C14H36Si2Sn. The molecule has 104 valence electrons. The molecule has 0 aromatic carbocycles. The summed E-state index contributed by atoms with van der Waals surface area (Å²) in [6.45, 7) is 17.9. The number of unbranched alkanes of at least 4 members (excludes halogenated alkanes) is 3. The van der Waals surface area contributed by atoms with Crippen LogP contribution in [0, 0.1) is 0 Å². The molecule has 0 spiro atoms. The summed E-state index contributed by atoms with van der Waals surface area (Å²) < 4.78 is 5.26. The Labute approximate surface area is 120 Å². The molecule has 0 aliphatic heterocycles. The van der Waals surface area contributed by atoms with Gasteiger partial charge in [0.25, 0.3) is 0 Å². The molecule has 0 rings (SSSR count). The standard InChI is InChI=1S/C6H13.2C4H11Si.Sn.H/c1-3-5-6-4-2;2*1-5(2,3)4;;/h1,3-6H2,2H3;2*1H2,2-4H3;;. The zero-order valence-electron chi connectivity index (χ0n) is 13.5. The third kappa shape index (κ3) is 13.5. The van der Waals surface area contributed by atoms with Gasteiger partial charge in [0, 0.05) is 0 Å². The fourth-order valence-corrected chi connectivity index (χ4v) is 46.7. The Balaban J connectivity index is 4.12. The van der Waals surface area contributed by atoms with Crippen molar-refractivity contribution in [2.45, 2.75) is 84.4 Å². The van der Waals surface area contributed by atoms with Gasteiger partial charge in [0.2, 0.25) is 0 Å². The maximum atomic E-state index is 2.59. The van der Waals surface area contributed by atoms with Crippen LogP contribution >= 0.6 is 0 Å². The summed E-state index contributed by atoms with van der Waals surface area (Å²) in [6.07, 6.45) is 5.95. The second-order valence-electron chi connectivity index (χ2n) is 8.24. The van der Waals surface area contributed by atoms with Crippen molar-refractivity contribution >= 4 is 35.9 Å². The first-order chi connectivity index (χ1) is 7.64. The van der Waals surface area contributed by atoms with Gasteiger partial charge in [-0.1, -0.05) is 0 Å². The number of hydrogen-bond acceptors (Lipinski definition) is 0. The van der Waals surface area contributed by atoms with E-state index in [1.54, 1.807) is 19.0 Å². The predicted molar refractivity (Wildman–Crippen MR) is 92.4 cm³/mol. The molecule has 0 radical (unpaired) electrons. The molecule has 0 unspecified atom stereocenters. The Morgan fingerprint density at radius 3 is 1.53 bits per heavy atom. The molecule has 0 atom stereocenters. The summed E-state index contributed by atoms with van der Waals surface area (Å²) >= 11 is -1.15. The quantitative estimate of drug-likeness (QED) is 0.364. The van der Waals surface area contributed by atoms with Crippen LogP contribution in [0.15, 0.2) is 0 Å². The molecule has 0 fully saturated rings. The summed E-state index contributed by atoms with van der Waals surface area (Å²) in [7, 11) is -1.55. The van der Waals surface area contributed by atoms with Crippen molar-refractivity contribution in [1.29, 1.82) is 0 Å². The van der Waals surface area contributed by atoms with Crippen LogP contribution in [-0.2, 0) is 0 Å². The van der Waals surface area contributed by atoms with Gasteiger partial charge in [-0.05, 0) is 0 Å². The van der Waals surface area contributed by atoms with Crippen LogP contribution in [0.1, 0.15) is 32.6 Å². The Morgan fingerprint density at radius 1 is 0.706 bits per heavy atom. The minimum atomic E-state index is -1.15. The van der Waals surface area contributed by atoms with Crippen LogP contribution in [0.3, 0.4) is 0 Å². The molecule has 0 nitrogen and oxygen atoms in total. The van der Waals surface area contributed by atoms with Crippen molar-refractivity contribution in [1.82, 2.24) is 0 Å². The van der Waals surface area contributed by atoms with Crippen molar-refractivity contribution in [3.63, 3.8) is 0 Å². The summed E-state index contributed by atoms with van der Waals surface area (Å²) in [4.78, 5) is 0. The normalized spacial score (nSPS) is 13.4. The molecular weight excluding hydrogens is 343 g/mol. The van der Waals surface area contributed by atoms with Crippen molar-refractivity contribution in [2.24, 2.45) is 0 Å². The number of hydrogen-bond donors (Lipinski definition) is 0. The van der Waals surface area contributed by atoms with E-state index < -0.39 is 35.9 Å². The van der Waals surface area contributed by atoms with Gasteiger partial charge in [-0.25, -0.2) is 0 Å². The Kier molecular flexibility index (Phi) is 9.02. The fraction of sp³-hybridized carbons (Fsp3) is 1.00. The van der Waals surface area contributed by atoms with E-state index in [0.717, 1.165) is 0 Å². The van der Waals surface area contributed by atoms with Gasteiger partial charge in [-0.15, -0.1) is 0 Å². The third-order valence-electron chi connectivity index (χ3n) is 3.27. The Hall–Kier alpha value is 1.23. The van der Waals surface area contributed by atoms with E-state index in [9.17, 15) is 0 Å². The van der Waals surface area contributed by atoms with Gasteiger partial charge < -0.3 is 0 Å². The van der Waals surface area contributed by atoms with E-state index in [1.807, 2.05) is 0 Å². The molecule has 0 aliphatic carbocycles. The predicted octanol–water partition coefficient (Wildman–Crippen LogP) is 5.55. The summed E-state index contributed by atoms with van der Waals surface area (Å²) in [5.41, 5.74) is 0. The van der Waals surface area contributed by atoms with Crippen molar-refractivity contribution in [3.05, 3.63) is 0 Å². The monoisotopic (exact) mass is 380 g/mol. The van der Waals surface area contributed by atoms with Crippen LogP contribution < -0.4 is 0 Å². The molecule has 0 aromatic heterocycles. The van der Waals surface area contributed by atoms with E-state index >= 15 is 0 Å². The third-order valence-corrected chi connectivity index (χ3v) is 41.2. The maximum absolute atomic E-state index is 2.59. The van der Waals surface area contributed by atoms with E-state index in [1.165, 1.54) is 19.3 Å². The molecule has 0 bridgehead atoms. The fourth-order valence-electron chi connectivity index (χ4n) is 2.87. The van der Waals surface area contributed by atoms with Crippen LogP contribution in [0.25, 0.3) is 0 Å². The van der Waals surface area contributed by atoms with Crippen molar-refractivity contribution in [3.8, 4) is 0 Å². The van der Waals surface area contributed by atoms with Gasteiger partial charge in [0.15, 0.2) is 0 Å². The molecule has 0 aliphatic rings. The minimum absolute atomic E-state index is 0.773. The van der Waals surface area contributed by atoms with Gasteiger partial charge in [0.05, 0.1) is 0 Å². The SMILES string of the molecule is CCCCC[CH2][SnH]([CH2][Si](C)(C)C)[CH2][Si](C)(C)C. The van der Waals surface area contributed by atoms with E-state index in [4.69, 9.17) is 0 Å². The van der Waals surface area contributed by atoms with Gasteiger partial charge in [-0.2, -0.15) is 0 Å². The molecule has 0 saturated heterocycles. The Morgan fingerprint density at radius 2 is 1.18 bits per heavy atom. The van der Waals surface area contributed by atoms with E-state index in [-0.39, 0.29) is 0 Å².